The van der Waals surface area contributed by atoms with Crippen LogP contribution in [0, 0.1) is 23.0 Å². The predicted octanol–water partition coefficient (Wildman–Crippen LogP) is 2.79. The first-order chi connectivity index (χ1) is 12.1. The molecule has 1 heterocycles. The second-order valence-corrected chi connectivity index (χ2v) is 5.97. The SMILES string of the molecule is N#Cc1ccc(CN2CCN(C(=O)c3c(F)cccc3F)CC2)cc1. The number of rotatable bonds is 3. The second kappa shape index (κ2) is 7.41. The van der Waals surface area contributed by atoms with Gasteiger partial charge >= 0.3 is 0 Å². The zero-order valence-electron chi connectivity index (χ0n) is 13.6. The fourth-order valence-electron chi connectivity index (χ4n) is 2.91. The summed E-state index contributed by atoms with van der Waals surface area (Å²) in [7, 11) is 0. The Labute approximate surface area is 144 Å². The van der Waals surface area contributed by atoms with E-state index in [1.54, 1.807) is 12.1 Å². The van der Waals surface area contributed by atoms with Crippen molar-refractivity contribution in [2.24, 2.45) is 0 Å². The van der Waals surface area contributed by atoms with Crippen molar-refractivity contribution < 1.29 is 13.6 Å². The lowest BCUT2D eigenvalue weighted by Crippen LogP contribution is -2.48. The van der Waals surface area contributed by atoms with Gasteiger partial charge in [0.15, 0.2) is 0 Å². The smallest absolute Gasteiger partial charge is 0.259 e. The van der Waals surface area contributed by atoms with E-state index in [0.717, 1.165) is 17.7 Å². The number of halogens is 2. The molecule has 1 fully saturated rings. The first-order valence-corrected chi connectivity index (χ1v) is 8.03. The summed E-state index contributed by atoms with van der Waals surface area (Å²) in [5.74, 6) is -2.26. The summed E-state index contributed by atoms with van der Waals surface area (Å²) in [6.07, 6.45) is 0. The largest absolute Gasteiger partial charge is 0.336 e. The highest BCUT2D eigenvalue weighted by Gasteiger charge is 2.26. The van der Waals surface area contributed by atoms with Gasteiger partial charge in [-0.05, 0) is 29.8 Å². The van der Waals surface area contributed by atoms with E-state index in [1.165, 1.54) is 11.0 Å². The van der Waals surface area contributed by atoms with Crippen molar-refractivity contribution in [3.8, 4) is 6.07 Å². The van der Waals surface area contributed by atoms with E-state index in [0.29, 0.717) is 38.3 Å². The van der Waals surface area contributed by atoms with Crippen LogP contribution in [0.2, 0.25) is 0 Å². The van der Waals surface area contributed by atoms with Crippen molar-refractivity contribution in [1.29, 1.82) is 5.26 Å². The lowest BCUT2D eigenvalue weighted by molar-refractivity contribution is 0.0619. The van der Waals surface area contributed by atoms with E-state index < -0.39 is 23.1 Å². The molecule has 0 unspecified atom stereocenters. The van der Waals surface area contributed by atoms with Crippen LogP contribution in [0.15, 0.2) is 42.5 Å². The molecule has 25 heavy (non-hydrogen) atoms. The minimum absolute atomic E-state index is 0.420. The second-order valence-electron chi connectivity index (χ2n) is 5.97. The molecule has 2 aromatic rings. The molecule has 0 spiro atoms. The molecule has 0 saturated carbocycles. The molecule has 0 aliphatic carbocycles. The molecule has 1 amide bonds. The van der Waals surface area contributed by atoms with Crippen LogP contribution in [0.5, 0.6) is 0 Å². The first-order valence-electron chi connectivity index (χ1n) is 8.03. The monoisotopic (exact) mass is 341 g/mol. The molecule has 1 aliphatic heterocycles. The van der Waals surface area contributed by atoms with Gasteiger partial charge in [-0.1, -0.05) is 18.2 Å². The van der Waals surface area contributed by atoms with E-state index >= 15 is 0 Å². The summed E-state index contributed by atoms with van der Waals surface area (Å²) in [5.41, 5.74) is 1.22. The topological polar surface area (TPSA) is 47.3 Å². The van der Waals surface area contributed by atoms with Gasteiger partial charge in [0, 0.05) is 32.7 Å². The highest BCUT2D eigenvalue weighted by molar-refractivity contribution is 5.94. The molecule has 0 atom stereocenters. The molecule has 0 aromatic heterocycles. The maximum atomic E-state index is 13.8. The van der Waals surface area contributed by atoms with Crippen LogP contribution in [0.25, 0.3) is 0 Å². The summed E-state index contributed by atoms with van der Waals surface area (Å²) in [6.45, 7) is 2.80. The number of nitrogens with zero attached hydrogens (tertiary/aromatic N) is 3. The molecule has 2 aromatic carbocycles. The van der Waals surface area contributed by atoms with Crippen LogP contribution in [-0.2, 0) is 6.54 Å². The van der Waals surface area contributed by atoms with Gasteiger partial charge in [0.1, 0.15) is 17.2 Å². The Morgan fingerprint density at radius 2 is 1.60 bits per heavy atom. The zero-order chi connectivity index (χ0) is 17.8. The third kappa shape index (κ3) is 3.83. The lowest BCUT2D eigenvalue weighted by Gasteiger charge is -2.34. The molecule has 0 radical (unpaired) electrons. The molecule has 1 saturated heterocycles. The molecule has 6 heteroatoms. The van der Waals surface area contributed by atoms with E-state index in [2.05, 4.69) is 11.0 Å². The number of carbonyl (C=O) groups excluding carboxylic acids is 1. The highest BCUT2D eigenvalue weighted by atomic mass is 19.1. The van der Waals surface area contributed by atoms with Crippen molar-refractivity contribution in [3.63, 3.8) is 0 Å². The standard InChI is InChI=1S/C19H17F2N3O/c20-16-2-1-3-17(21)18(16)19(25)24-10-8-23(9-11-24)13-15-6-4-14(12-22)5-7-15/h1-7H,8-11,13H2. The summed E-state index contributed by atoms with van der Waals surface area (Å²) >= 11 is 0. The van der Waals surface area contributed by atoms with Crippen LogP contribution in [-0.4, -0.2) is 41.9 Å². The molecule has 3 rings (SSSR count). The Balaban J connectivity index is 1.60. The Morgan fingerprint density at radius 3 is 2.16 bits per heavy atom. The van der Waals surface area contributed by atoms with Gasteiger partial charge in [0.2, 0.25) is 0 Å². The maximum Gasteiger partial charge on any atom is 0.259 e. The van der Waals surface area contributed by atoms with Gasteiger partial charge in [0.25, 0.3) is 5.91 Å². The number of benzene rings is 2. The van der Waals surface area contributed by atoms with Gasteiger partial charge in [-0.15, -0.1) is 0 Å². The third-order valence-corrected chi connectivity index (χ3v) is 4.33. The number of hydrogen-bond acceptors (Lipinski definition) is 3. The number of amides is 1. The van der Waals surface area contributed by atoms with Gasteiger partial charge in [0.05, 0.1) is 11.6 Å². The van der Waals surface area contributed by atoms with E-state index in [1.807, 2.05) is 12.1 Å². The number of hydrogen-bond donors (Lipinski definition) is 0. The van der Waals surface area contributed by atoms with Crippen molar-refractivity contribution in [3.05, 3.63) is 70.8 Å². The maximum absolute atomic E-state index is 13.8. The fourth-order valence-corrected chi connectivity index (χ4v) is 2.91. The fraction of sp³-hybridized carbons (Fsp3) is 0.263. The van der Waals surface area contributed by atoms with Gasteiger partial charge < -0.3 is 4.90 Å². The van der Waals surface area contributed by atoms with Crippen molar-refractivity contribution >= 4 is 5.91 Å². The van der Waals surface area contributed by atoms with Gasteiger partial charge in [-0.2, -0.15) is 5.26 Å². The van der Waals surface area contributed by atoms with Crippen LogP contribution >= 0.6 is 0 Å². The highest BCUT2D eigenvalue weighted by Crippen LogP contribution is 2.17. The number of piperazine rings is 1. The summed E-state index contributed by atoms with van der Waals surface area (Å²) in [5, 5.41) is 8.81. The molecular weight excluding hydrogens is 324 g/mol. The van der Waals surface area contributed by atoms with Crippen LogP contribution < -0.4 is 0 Å². The van der Waals surface area contributed by atoms with Crippen LogP contribution in [0.1, 0.15) is 21.5 Å². The first kappa shape index (κ1) is 17.1. The van der Waals surface area contributed by atoms with E-state index in [9.17, 15) is 13.6 Å². The quantitative estimate of drug-likeness (QED) is 0.862. The average Bonchev–Trinajstić information content (AvgIpc) is 2.63. The lowest BCUT2D eigenvalue weighted by atomic mass is 10.1. The third-order valence-electron chi connectivity index (χ3n) is 4.33. The van der Waals surface area contributed by atoms with E-state index in [-0.39, 0.29) is 0 Å². The van der Waals surface area contributed by atoms with Gasteiger partial charge in [-0.3, -0.25) is 9.69 Å². The van der Waals surface area contributed by atoms with Crippen molar-refractivity contribution in [2.75, 3.05) is 26.2 Å². The molecule has 1 aliphatic rings. The Morgan fingerprint density at radius 1 is 1.00 bits per heavy atom. The number of carbonyl (C=O) groups is 1. The molecule has 128 valence electrons. The van der Waals surface area contributed by atoms with Crippen molar-refractivity contribution in [1.82, 2.24) is 9.80 Å². The molecule has 4 nitrogen and oxygen atoms in total. The molecule has 0 bridgehead atoms. The Kier molecular flexibility index (Phi) is 5.05. The normalized spacial score (nSPS) is 15.0. The minimum atomic E-state index is -0.829. The summed E-state index contributed by atoms with van der Waals surface area (Å²) in [4.78, 5) is 16.0. The Hall–Kier alpha value is -2.78. The van der Waals surface area contributed by atoms with Crippen molar-refractivity contribution in [2.45, 2.75) is 6.54 Å². The van der Waals surface area contributed by atoms with E-state index in [4.69, 9.17) is 5.26 Å². The molecule has 0 N–H and O–H groups in total. The summed E-state index contributed by atoms with van der Waals surface area (Å²) in [6, 6.07) is 12.9. The summed E-state index contributed by atoms with van der Waals surface area (Å²) < 4.78 is 27.5. The number of nitriles is 1. The minimum Gasteiger partial charge on any atom is -0.336 e. The zero-order valence-corrected chi connectivity index (χ0v) is 13.6. The predicted molar refractivity (Wildman–Crippen MR) is 88.7 cm³/mol. The Bertz CT molecular complexity index is 786. The van der Waals surface area contributed by atoms with Gasteiger partial charge in [-0.25, -0.2) is 8.78 Å². The molecular formula is C19H17F2N3O. The average molecular weight is 341 g/mol. The van der Waals surface area contributed by atoms with Crippen LogP contribution in [0.3, 0.4) is 0 Å². The van der Waals surface area contributed by atoms with Crippen LogP contribution in [0.4, 0.5) is 8.78 Å².